The Balaban J connectivity index is 1.69. The van der Waals surface area contributed by atoms with Crippen molar-refractivity contribution >= 4 is 17.3 Å². The van der Waals surface area contributed by atoms with Crippen molar-refractivity contribution in [1.82, 2.24) is 9.88 Å². The molecule has 6 heteroatoms. The molecule has 1 aliphatic rings. The van der Waals surface area contributed by atoms with E-state index in [1.807, 2.05) is 29.2 Å². The molecule has 1 N–H and O–H groups in total. The number of anilines is 2. The van der Waals surface area contributed by atoms with Crippen molar-refractivity contribution < 1.29 is 14.3 Å². The second-order valence-corrected chi connectivity index (χ2v) is 6.63. The number of rotatable bonds is 5. The van der Waals surface area contributed by atoms with Crippen LogP contribution in [0.3, 0.4) is 0 Å². The van der Waals surface area contributed by atoms with Gasteiger partial charge >= 0.3 is 0 Å². The number of nitrogens with zero attached hydrogens (tertiary/aromatic N) is 2. The lowest BCUT2D eigenvalue weighted by atomic mass is 10.00. The summed E-state index contributed by atoms with van der Waals surface area (Å²) in [6.45, 7) is 3.81. The number of likely N-dealkylation sites (tertiary alicyclic amines) is 1. The monoisotopic (exact) mass is 355 g/mol. The third kappa shape index (κ3) is 4.07. The molecule has 0 spiro atoms. The Kier molecular flexibility index (Phi) is 5.61. The Morgan fingerprint density at radius 2 is 1.92 bits per heavy atom. The van der Waals surface area contributed by atoms with Crippen molar-refractivity contribution in [2.24, 2.45) is 5.92 Å². The fourth-order valence-electron chi connectivity index (χ4n) is 3.21. The summed E-state index contributed by atoms with van der Waals surface area (Å²) >= 11 is 0. The summed E-state index contributed by atoms with van der Waals surface area (Å²) in [5, 5.41) is 3.26. The number of hydrogen-bond acceptors (Lipinski definition) is 5. The summed E-state index contributed by atoms with van der Waals surface area (Å²) in [6.07, 6.45) is 3.93. The SMILES string of the molecule is COc1ccc(Nc2ccc(C(=O)N3CCCC(C)C3)nc2)cc1OC. The summed E-state index contributed by atoms with van der Waals surface area (Å²) in [4.78, 5) is 18.8. The zero-order valence-corrected chi connectivity index (χ0v) is 15.5. The van der Waals surface area contributed by atoms with E-state index in [4.69, 9.17) is 9.47 Å². The molecule has 0 saturated carbocycles. The summed E-state index contributed by atoms with van der Waals surface area (Å²) < 4.78 is 10.6. The van der Waals surface area contributed by atoms with Crippen LogP contribution in [0, 0.1) is 5.92 Å². The van der Waals surface area contributed by atoms with Crippen molar-refractivity contribution in [3.05, 3.63) is 42.2 Å². The van der Waals surface area contributed by atoms with Crippen LogP contribution in [-0.2, 0) is 0 Å². The molecule has 26 heavy (non-hydrogen) atoms. The van der Waals surface area contributed by atoms with Gasteiger partial charge in [0.2, 0.25) is 0 Å². The van der Waals surface area contributed by atoms with Gasteiger partial charge in [-0.2, -0.15) is 0 Å². The van der Waals surface area contributed by atoms with Crippen molar-refractivity contribution in [3.63, 3.8) is 0 Å². The molecule has 1 fully saturated rings. The fourth-order valence-corrected chi connectivity index (χ4v) is 3.21. The third-order valence-electron chi connectivity index (χ3n) is 4.60. The van der Waals surface area contributed by atoms with Crippen LogP contribution in [0.1, 0.15) is 30.3 Å². The maximum absolute atomic E-state index is 12.6. The summed E-state index contributed by atoms with van der Waals surface area (Å²) in [5.41, 5.74) is 2.14. The molecule has 3 rings (SSSR count). The number of aromatic nitrogens is 1. The highest BCUT2D eigenvalue weighted by Gasteiger charge is 2.22. The van der Waals surface area contributed by atoms with Gasteiger partial charge in [0.25, 0.3) is 5.91 Å². The number of amides is 1. The number of methoxy groups -OCH3 is 2. The Bertz CT molecular complexity index is 761. The molecule has 1 amide bonds. The second kappa shape index (κ2) is 8.08. The van der Waals surface area contributed by atoms with Gasteiger partial charge in [-0.1, -0.05) is 6.92 Å². The Morgan fingerprint density at radius 3 is 2.58 bits per heavy atom. The molecule has 1 aromatic carbocycles. The first kappa shape index (κ1) is 18.0. The number of nitrogens with one attached hydrogen (secondary N) is 1. The molecule has 1 aliphatic heterocycles. The fraction of sp³-hybridized carbons (Fsp3) is 0.400. The maximum atomic E-state index is 12.6. The third-order valence-corrected chi connectivity index (χ3v) is 4.60. The minimum absolute atomic E-state index is 0.00853. The lowest BCUT2D eigenvalue weighted by Crippen LogP contribution is -2.39. The first-order valence-corrected chi connectivity index (χ1v) is 8.85. The summed E-state index contributed by atoms with van der Waals surface area (Å²) in [5.74, 6) is 1.89. The lowest BCUT2D eigenvalue weighted by molar-refractivity contribution is 0.0677. The highest BCUT2D eigenvalue weighted by Crippen LogP contribution is 2.31. The van der Waals surface area contributed by atoms with E-state index in [0.717, 1.165) is 30.9 Å². The van der Waals surface area contributed by atoms with Gasteiger partial charge in [-0.25, -0.2) is 4.98 Å². The second-order valence-electron chi connectivity index (χ2n) is 6.63. The summed E-state index contributed by atoms with van der Waals surface area (Å²) in [7, 11) is 3.21. The van der Waals surface area contributed by atoms with Crippen molar-refractivity contribution in [1.29, 1.82) is 0 Å². The standard InChI is InChI=1S/C20H25N3O3/c1-14-5-4-10-23(13-14)20(24)17-8-6-16(12-21-17)22-15-7-9-18(25-2)19(11-15)26-3/h6-9,11-12,14,22H,4-5,10,13H2,1-3H3. The topological polar surface area (TPSA) is 63.7 Å². The molecular weight excluding hydrogens is 330 g/mol. The van der Waals surface area contributed by atoms with Gasteiger partial charge in [-0.15, -0.1) is 0 Å². The van der Waals surface area contributed by atoms with Crippen molar-refractivity contribution in [3.8, 4) is 11.5 Å². The molecule has 0 radical (unpaired) electrons. The van der Waals surface area contributed by atoms with E-state index in [1.54, 1.807) is 26.5 Å². The number of hydrogen-bond donors (Lipinski definition) is 1. The predicted molar refractivity (Wildman–Crippen MR) is 101 cm³/mol. The average molecular weight is 355 g/mol. The van der Waals surface area contributed by atoms with E-state index in [-0.39, 0.29) is 5.91 Å². The zero-order valence-electron chi connectivity index (χ0n) is 15.5. The van der Waals surface area contributed by atoms with Crippen LogP contribution in [0.5, 0.6) is 11.5 Å². The average Bonchev–Trinajstić information content (AvgIpc) is 2.68. The van der Waals surface area contributed by atoms with Crippen LogP contribution in [0.15, 0.2) is 36.5 Å². The zero-order chi connectivity index (χ0) is 18.5. The highest BCUT2D eigenvalue weighted by atomic mass is 16.5. The molecule has 1 atom stereocenters. The number of piperidine rings is 1. The molecule has 1 unspecified atom stereocenters. The molecule has 138 valence electrons. The van der Waals surface area contributed by atoms with Gasteiger partial charge in [0.1, 0.15) is 5.69 Å². The minimum Gasteiger partial charge on any atom is -0.493 e. The number of benzene rings is 1. The van der Waals surface area contributed by atoms with Gasteiger partial charge in [0, 0.05) is 24.8 Å². The molecule has 2 heterocycles. The van der Waals surface area contributed by atoms with Crippen LogP contribution in [0.2, 0.25) is 0 Å². The predicted octanol–water partition coefficient (Wildman–Crippen LogP) is 3.71. The van der Waals surface area contributed by atoms with Crippen LogP contribution in [0.25, 0.3) is 0 Å². The number of pyridine rings is 1. The molecule has 6 nitrogen and oxygen atoms in total. The number of ether oxygens (including phenoxy) is 2. The molecule has 0 bridgehead atoms. The first-order valence-electron chi connectivity index (χ1n) is 8.85. The molecule has 1 saturated heterocycles. The van der Waals surface area contributed by atoms with Gasteiger partial charge in [-0.05, 0) is 43.0 Å². The van der Waals surface area contributed by atoms with Gasteiger partial charge in [0.05, 0.1) is 26.1 Å². The normalized spacial score (nSPS) is 16.9. The Morgan fingerprint density at radius 1 is 1.15 bits per heavy atom. The van der Waals surface area contributed by atoms with E-state index in [1.165, 1.54) is 6.42 Å². The van der Waals surface area contributed by atoms with Crippen LogP contribution >= 0.6 is 0 Å². The molecule has 2 aromatic rings. The highest BCUT2D eigenvalue weighted by molar-refractivity contribution is 5.92. The van der Waals surface area contributed by atoms with Crippen LogP contribution < -0.4 is 14.8 Å². The molecule has 0 aliphatic carbocycles. The molecule has 1 aromatic heterocycles. The van der Waals surface area contributed by atoms with Gasteiger partial charge in [0.15, 0.2) is 11.5 Å². The number of carbonyl (C=O) groups is 1. The van der Waals surface area contributed by atoms with Crippen LogP contribution in [-0.4, -0.2) is 43.1 Å². The van der Waals surface area contributed by atoms with Crippen molar-refractivity contribution in [2.75, 3.05) is 32.6 Å². The van der Waals surface area contributed by atoms with Crippen molar-refractivity contribution in [2.45, 2.75) is 19.8 Å². The van der Waals surface area contributed by atoms with E-state index in [0.29, 0.717) is 23.1 Å². The maximum Gasteiger partial charge on any atom is 0.272 e. The van der Waals surface area contributed by atoms with Gasteiger partial charge in [-0.3, -0.25) is 4.79 Å². The quantitative estimate of drug-likeness (QED) is 0.886. The van der Waals surface area contributed by atoms with Crippen LogP contribution in [0.4, 0.5) is 11.4 Å². The van der Waals surface area contributed by atoms with E-state index in [2.05, 4.69) is 17.2 Å². The largest absolute Gasteiger partial charge is 0.493 e. The first-order chi connectivity index (χ1) is 12.6. The lowest BCUT2D eigenvalue weighted by Gasteiger charge is -2.30. The smallest absolute Gasteiger partial charge is 0.272 e. The van der Waals surface area contributed by atoms with E-state index >= 15 is 0 Å². The van der Waals surface area contributed by atoms with E-state index in [9.17, 15) is 4.79 Å². The minimum atomic E-state index is 0.00853. The Hall–Kier alpha value is -2.76. The Labute approximate surface area is 154 Å². The molecular formula is C20H25N3O3. The number of carbonyl (C=O) groups excluding carboxylic acids is 1. The summed E-state index contributed by atoms with van der Waals surface area (Å²) in [6, 6.07) is 9.22. The van der Waals surface area contributed by atoms with Gasteiger partial charge < -0.3 is 19.7 Å². The van der Waals surface area contributed by atoms with E-state index < -0.39 is 0 Å².